The van der Waals surface area contributed by atoms with E-state index in [0.29, 0.717) is 31.4 Å². The van der Waals surface area contributed by atoms with Crippen LogP contribution >= 0.6 is 0 Å². The van der Waals surface area contributed by atoms with Crippen LogP contribution in [0, 0.1) is 17.6 Å². The summed E-state index contributed by atoms with van der Waals surface area (Å²) in [6, 6.07) is 7.31. The van der Waals surface area contributed by atoms with Crippen LogP contribution < -0.4 is 5.32 Å². The number of nitrogens with one attached hydrogen (secondary N) is 1. The number of nitrogens with zero attached hydrogens (tertiary/aromatic N) is 4. The number of carbonyl (C=O) groups is 1. The molecule has 2 aliphatic carbocycles. The lowest BCUT2D eigenvalue weighted by Crippen LogP contribution is -2.44. The Morgan fingerprint density at radius 2 is 2.09 bits per heavy atom. The van der Waals surface area contributed by atoms with Gasteiger partial charge in [0, 0.05) is 49.6 Å². The van der Waals surface area contributed by atoms with Gasteiger partial charge < -0.3 is 10.1 Å². The monoisotopic (exact) mass is 465 g/mol. The van der Waals surface area contributed by atoms with Gasteiger partial charge in [-0.1, -0.05) is 6.07 Å². The smallest absolute Gasteiger partial charge is 0.272 e. The van der Waals surface area contributed by atoms with Gasteiger partial charge in [0.1, 0.15) is 11.5 Å². The first-order valence-corrected chi connectivity index (χ1v) is 11.7. The zero-order chi connectivity index (χ0) is 23.2. The van der Waals surface area contributed by atoms with Crippen LogP contribution in [0.2, 0.25) is 0 Å². The van der Waals surface area contributed by atoms with Crippen molar-refractivity contribution in [2.45, 2.75) is 24.8 Å². The van der Waals surface area contributed by atoms with Crippen LogP contribution in [-0.2, 0) is 11.2 Å². The van der Waals surface area contributed by atoms with Gasteiger partial charge >= 0.3 is 0 Å². The van der Waals surface area contributed by atoms with Gasteiger partial charge in [-0.25, -0.2) is 13.5 Å². The summed E-state index contributed by atoms with van der Waals surface area (Å²) < 4.78 is 35.1. The van der Waals surface area contributed by atoms with Crippen LogP contribution in [0.4, 0.5) is 8.78 Å². The van der Waals surface area contributed by atoms with Crippen LogP contribution in [0.3, 0.4) is 0 Å². The van der Waals surface area contributed by atoms with Crippen molar-refractivity contribution in [2.75, 3.05) is 32.8 Å². The van der Waals surface area contributed by atoms with Gasteiger partial charge in [0.05, 0.1) is 24.9 Å². The zero-order valence-corrected chi connectivity index (χ0v) is 18.6. The quantitative estimate of drug-likeness (QED) is 0.606. The van der Waals surface area contributed by atoms with Gasteiger partial charge in [-0.2, -0.15) is 5.10 Å². The highest BCUT2D eigenvalue weighted by Gasteiger charge is 2.50. The Labute approximate surface area is 195 Å². The molecule has 2 fully saturated rings. The van der Waals surface area contributed by atoms with E-state index in [1.54, 1.807) is 6.20 Å². The van der Waals surface area contributed by atoms with E-state index in [9.17, 15) is 13.6 Å². The third-order valence-electron chi connectivity index (χ3n) is 7.13. The molecule has 1 saturated carbocycles. The maximum absolute atomic E-state index is 14.6. The van der Waals surface area contributed by atoms with E-state index >= 15 is 0 Å². The number of benzene rings is 1. The first-order chi connectivity index (χ1) is 16.6. The highest BCUT2D eigenvalue weighted by Crippen LogP contribution is 2.57. The third kappa shape index (κ3) is 3.78. The first-order valence-electron chi connectivity index (χ1n) is 11.7. The van der Waals surface area contributed by atoms with Gasteiger partial charge in [0.2, 0.25) is 0 Å². The van der Waals surface area contributed by atoms with Crippen molar-refractivity contribution >= 4 is 5.91 Å². The number of morpholine rings is 1. The third-order valence-corrected chi connectivity index (χ3v) is 7.13. The van der Waals surface area contributed by atoms with Crippen molar-refractivity contribution in [1.29, 1.82) is 0 Å². The standard InChI is InChI=1S/C25H25F2N5O2/c26-17-3-4-21(20(27)12-17)32-24-18-10-16(18)11-19(24)23(30-32)25(33)29-14-22(15-2-1-5-28-13-15)31-6-8-34-9-7-31/h1-5,12-13,16,18,22H,6-11,14H2,(H,29,33)/t16-,18-,22?/m1/s1. The predicted molar refractivity (Wildman–Crippen MR) is 120 cm³/mol. The molecule has 0 bridgehead atoms. The minimum atomic E-state index is -0.690. The van der Waals surface area contributed by atoms with E-state index in [2.05, 4.69) is 20.3 Å². The van der Waals surface area contributed by atoms with E-state index in [-0.39, 0.29) is 23.6 Å². The predicted octanol–water partition coefficient (Wildman–Crippen LogP) is 3.01. The summed E-state index contributed by atoms with van der Waals surface area (Å²) >= 11 is 0. The topological polar surface area (TPSA) is 72.3 Å². The fourth-order valence-corrected chi connectivity index (χ4v) is 5.33. The Bertz CT molecular complexity index is 1230. The Hall–Kier alpha value is -3.17. The molecule has 1 N–H and O–H groups in total. The highest BCUT2D eigenvalue weighted by molar-refractivity contribution is 5.94. The Morgan fingerprint density at radius 3 is 2.85 bits per heavy atom. The summed E-state index contributed by atoms with van der Waals surface area (Å²) in [5.74, 6) is -0.848. The number of halogens is 2. The number of rotatable bonds is 6. The van der Waals surface area contributed by atoms with Crippen LogP contribution in [0.5, 0.6) is 0 Å². The van der Waals surface area contributed by atoms with Gasteiger partial charge in [-0.05, 0) is 42.5 Å². The maximum atomic E-state index is 14.6. The summed E-state index contributed by atoms with van der Waals surface area (Å²) in [6.45, 7) is 3.23. The summed E-state index contributed by atoms with van der Waals surface area (Å²) in [5, 5.41) is 7.59. The van der Waals surface area contributed by atoms with Crippen molar-refractivity contribution in [2.24, 2.45) is 5.92 Å². The van der Waals surface area contributed by atoms with Crippen LogP contribution in [0.25, 0.3) is 5.69 Å². The van der Waals surface area contributed by atoms with Crippen molar-refractivity contribution in [1.82, 2.24) is 25.0 Å². The molecule has 3 heterocycles. The Kier molecular flexibility index (Phi) is 5.38. The molecule has 176 valence electrons. The molecule has 7 nitrogen and oxygen atoms in total. The maximum Gasteiger partial charge on any atom is 0.272 e. The molecule has 0 spiro atoms. The normalized spacial score (nSPS) is 22.2. The van der Waals surface area contributed by atoms with E-state index < -0.39 is 11.6 Å². The molecular weight excluding hydrogens is 440 g/mol. The minimum Gasteiger partial charge on any atom is -0.379 e. The molecule has 1 aliphatic heterocycles. The fraction of sp³-hybridized carbons (Fsp3) is 0.400. The van der Waals surface area contributed by atoms with Crippen molar-refractivity contribution in [3.8, 4) is 5.69 Å². The van der Waals surface area contributed by atoms with Crippen molar-refractivity contribution in [3.63, 3.8) is 0 Å². The second-order valence-electron chi connectivity index (χ2n) is 9.19. The SMILES string of the molecule is O=C(NCC(c1cccnc1)N1CCOCC1)c1nn(-c2ccc(F)cc2F)c2c1C[C@H]1C[C@@H]21. The Balaban J connectivity index is 1.27. The molecule has 9 heteroatoms. The number of hydrogen-bond acceptors (Lipinski definition) is 5. The summed E-state index contributed by atoms with van der Waals surface area (Å²) in [6.07, 6.45) is 5.33. The van der Waals surface area contributed by atoms with Crippen molar-refractivity contribution in [3.05, 3.63) is 76.9 Å². The molecule has 3 aliphatic rings. The summed E-state index contributed by atoms with van der Waals surface area (Å²) in [7, 11) is 0. The number of aromatic nitrogens is 3. The number of ether oxygens (including phenoxy) is 1. The van der Waals surface area contributed by atoms with E-state index in [1.165, 1.54) is 16.8 Å². The largest absolute Gasteiger partial charge is 0.379 e. The minimum absolute atomic E-state index is 0.0420. The fourth-order valence-electron chi connectivity index (χ4n) is 5.33. The summed E-state index contributed by atoms with van der Waals surface area (Å²) in [5.41, 5.74) is 3.29. The molecule has 3 atom stereocenters. The number of pyridine rings is 1. The molecule has 1 aromatic carbocycles. The second-order valence-corrected chi connectivity index (χ2v) is 9.19. The second kappa shape index (κ2) is 8.56. The molecule has 34 heavy (non-hydrogen) atoms. The lowest BCUT2D eigenvalue weighted by molar-refractivity contribution is 0.0161. The highest BCUT2D eigenvalue weighted by atomic mass is 19.1. The molecule has 0 radical (unpaired) electrons. The van der Waals surface area contributed by atoms with Crippen molar-refractivity contribution < 1.29 is 18.3 Å². The van der Waals surface area contributed by atoms with Gasteiger partial charge in [-0.3, -0.25) is 14.7 Å². The zero-order valence-electron chi connectivity index (χ0n) is 18.6. The van der Waals surface area contributed by atoms with Crippen LogP contribution in [0.15, 0.2) is 42.7 Å². The number of carbonyl (C=O) groups excluding carboxylic acids is 1. The van der Waals surface area contributed by atoms with E-state index in [4.69, 9.17) is 4.74 Å². The average Bonchev–Trinajstić information content (AvgIpc) is 3.36. The van der Waals surface area contributed by atoms with Gasteiger partial charge in [0.15, 0.2) is 11.5 Å². The van der Waals surface area contributed by atoms with Crippen LogP contribution in [0.1, 0.15) is 45.7 Å². The number of hydrogen-bond donors (Lipinski definition) is 1. The Morgan fingerprint density at radius 1 is 1.24 bits per heavy atom. The van der Waals surface area contributed by atoms with E-state index in [1.807, 2.05) is 18.3 Å². The van der Waals surface area contributed by atoms with E-state index in [0.717, 1.165) is 48.8 Å². The molecule has 1 amide bonds. The first kappa shape index (κ1) is 21.4. The average molecular weight is 466 g/mol. The van der Waals surface area contributed by atoms with Gasteiger partial charge in [-0.15, -0.1) is 0 Å². The van der Waals surface area contributed by atoms with Crippen LogP contribution in [-0.4, -0.2) is 58.4 Å². The molecule has 3 aromatic rings. The molecule has 1 saturated heterocycles. The van der Waals surface area contributed by atoms with Gasteiger partial charge in [0.25, 0.3) is 5.91 Å². The molecule has 1 unspecified atom stereocenters. The number of amides is 1. The molecule has 2 aromatic heterocycles. The molecule has 6 rings (SSSR count). The molecular formula is C25H25F2N5O2. The summed E-state index contributed by atoms with van der Waals surface area (Å²) in [4.78, 5) is 19.9. The lowest BCUT2D eigenvalue weighted by atomic mass is 10.1. The number of fused-ring (bicyclic) bond motifs is 3. The lowest BCUT2D eigenvalue weighted by Gasteiger charge is -2.34.